The Morgan fingerprint density at radius 1 is 1.17 bits per heavy atom. The fourth-order valence-corrected chi connectivity index (χ4v) is 3.50. The maximum atomic E-state index is 13.1. The molecular weight excluding hydrogens is 313 g/mol. The average molecular weight is 333 g/mol. The van der Waals surface area contributed by atoms with E-state index in [4.69, 9.17) is 0 Å². The lowest BCUT2D eigenvalue weighted by atomic mass is 10.1. The van der Waals surface area contributed by atoms with Gasteiger partial charge >= 0.3 is 6.03 Å². The van der Waals surface area contributed by atoms with E-state index < -0.39 is 23.9 Å². The molecule has 0 aliphatic carbocycles. The highest BCUT2D eigenvalue weighted by Gasteiger charge is 2.54. The molecule has 2 unspecified atom stereocenters. The average Bonchev–Trinajstić information content (AvgIpc) is 3.11. The van der Waals surface area contributed by atoms with Crippen molar-refractivity contribution in [3.8, 4) is 0 Å². The van der Waals surface area contributed by atoms with Gasteiger partial charge in [-0.2, -0.15) is 0 Å². The second kappa shape index (κ2) is 6.22. The van der Waals surface area contributed by atoms with Crippen molar-refractivity contribution in [2.75, 3.05) is 18.0 Å². The fourth-order valence-electron chi connectivity index (χ4n) is 3.50. The van der Waals surface area contributed by atoms with Crippen molar-refractivity contribution >= 4 is 23.5 Å². The molecule has 0 saturated carbocycles. The Bertz CT molecular complexity index is 672. The van der Waals surface area contributed by atoms with E-state index in [1.165, 1.54) is 29.2 Å². The minimum absolute atomic E-state index is 0.121. The first-order valence-corrected chi connectivity index (χ1v) is 8.20. The summed E-state index contributed by atoms with van der Waals surface area (Å²) in [5.74, 6) is -0.904. The third-order valence-electron chi connectivity index (χ3n) is 4.75. The highest BCUT2D eigenvalue weighted by Crippen LogP contribution is 2.35. The zero-order valence-corrected chi connectivity index (χ0v) is 13.7. The summed E-state index contributed by atoms with van der Waals surface area (Å²) in [6.45, 7) is 4.90. The molecule has 2 heterocycles. The van der Waals surface area contributed by atoms with Gasteiger partial charge in [-0.25, -0.2) is 14.1 Å². The molecule has 1 aromatic rings. The molecule has 0 radical (unpaired) electrons. The predicted octanol–water partition coefficient (Wildman–Crippen LogP) is 1.99. The number of benzene rings is 1. The van der Waals surface area contributed by atoms with Gasteiger partial charge in [0.15, 0.2) is 0 Å². The first kappa shape index (κ1) is 16.4. The second-order valence-electron chi connectivity index (χ2n) is 5.96. The van der Waals surface area contributed by atoms with Gasteiger partial charge in [0, 0.05) is 13.1 Å². The van der Waals surface area contributed by atoms with E-state index in [0.29, 0.717) is 31.6 Å². The predicted molar refractivity (Wildman–Crippen MR) is 85.9 cm³/mol. The molecule has 2 aliphatic rings. The van der Waals surface area contributed by atoms with Gasteiger partial charge in [-0.15, -0.1) is 0 Å². The number of imide groups is 1. The molecule has 7 heteroatoms. The zero-order chi connectivity index (χ0) is 17.4. The van der Waals surface area contributed by atoms with Crippen LogP contribution in [0.3, 0.4) is 0 Å². The molecule has 0 aromatic heterocycles. The highest BCUT2D eigenvalue weighted by atomic mass is 19.1. The number of hydrogen-bond acceptors (Lipinski definition) is 3. The van der Waals surface area contributed by atoms with Gasteiger partial charge in [-0.05, 0) is 51.0 Å². The van der Waals surface area contributed by atoms with Crippen LogP contribution in [0.5, 0.6) is 0 Å². The van der Waals surface area contributed by atoms with E-state index in [-0.39, 0.29) is 11.8 Å². The lowest BCUT2D eigenvalue weighted by Crippen LogP contribution is -2.48. The summed E-state index contributed by atoms with van der Waals surface area (Å²) in [6, 6.07) is 3.50. The minimum Gasteiger partial charge on any atom is -0.341 e. The standard InChI is InChI=1S/C17H20FN3O3/c1-3-19(4-2)15(22)13-9-10-14-16(23)20(17(24)21(13)14)12-7-5-11(18)6-8-12/h5-8,13-14H,3-4,9-10H2,1-2H3. The van der Waals surface area contributed by atoms with Crippen molar-refractivity contribution in [1.82, 2.24) is 9.80 Å². The number of rotatable bonds is 4. The van der Waals surface area contributed by atoms with E-state index >= 15 is 0 Å². The molecule has 0 bridgehead atoms. The monoisotopic (exact) mass is 333 g/mol. The zero-order valence-electron chi connectivity index (χ0n) is 13.7. The SMILES string of the molecule is CCN(CC)C(=O)C1CCC2C(=O)N(c3ccc(F)cc3)C(=O)N12. The van der Waals surface area contributed by atoms with Gasteiger partial charge in [0.2, 0.25) is 5.91 Å². The van der Waals surface area contributed by atoms with E-state index in [1.807, 2.05) is 13.8 Å². The quantitative estimate of drug-likeness (QED) is 0.792. The molecule has 24 heavy (non-hydrogen) atoms. The number of carbonyl (C=O) groups excluding carboxylic acids is 3. The van der Waals surface area contributed by atoms with Crippen LogP contribution in [0.1, 0.15) is 26.7 Å². The minimum atomic E-state index is -0.605. The Balaban J connectivity index is 1.88. The summed E-state index contributed by atoms with van der Waals surface area (Å²) in [5, 5.41) is 0. The number of carbonyl (C=O) groups is 3. The molecule has 6 nitrogen and oxygen atoms in total. The van der Waals surface area contributed by atoms with Crippen LogP contribution in [0.15, 0.2) is 24.3 Å². The second-order valence-corrected chi connectivity index (χ2v) is 5.96. The van der Waals surface area contributed by atoms with Crippen molar-refractivity contribution in [3.05, 3.63) is 30.1 Å². The lowest BCUT2D eigenvalue weighted by molar-refractivity contribution is -0.135. The molecular formula is C17H20FN3O3. The fraction of sp³-hybridized carbons (Fsp3) is 0.471. The summed E-state index contributed by atoms with van der Waals surface area (Å²) >= 11 is 0. The third kappa shape index (κ3) is 2.44. The molecule has 2 saturated heterocycles. The molecule has 0 spiro atoms. The third-order valence-corrected chi connectivity index (χ3v) is 4.75. The van der Waals surface area contributed by atoms with Gasteiger partial charge in [-0.1, -0.05) is 0 Å². The molecule has 2 aliphatic heterocycles. The Labute approximate surface area is 139 Å². The Morgan fingerprint density at radius 2 is 1.79 bits per heavy atom. The number of amides is 4. The molecule has 128 valence electrons. The van der Waals surface area contributed by atoms with Crippen molar-refractivity contribution in [2.45, 2.75) is 38.8 Å². The van der Waals surface area contributed by atoms with Crippen molar-refractivity contribution in [2.24, 2.45) is 0 Å². The number of nitrogens with zero attached hydrogens (tertiary/aromatic N) is 3. The highest BCUT2D eigenvalue weighted by molar-refractivity contribution is 6.22. The van der Waals surface area contributed by atoms with Crippen molar-refractivity contribution < 1.29 is 18.8 Å². The van der Waals surface area contributed by atoms with Crippen LogP contribution in [-0.4, -0.2) is 52.8 Å². The molecule has 3 rings (SSSR count). The van der Waals surface area contributed by atoms with Gasteiger partial charge in [0.25, 0.3) is 5.91 Å². The summed E-state index contributed by atoms with van der Waals surface area (Å²) in [7, 11) is 0. The van der Waals surface area contributed by atoms with E-state index in [2.05, 4.69) is 0 Å². The molecule has 2 atom stereocenters. The van der Waals surface area contributed by atoms with Gasteiger partial charge < -0.3 is 4.90 Å². The number of halogens is 1. The van der Waals surface area contributed by atoms with Gasteiger partial charge in [-0.3, -0.25) is 14.5 Å². The van der Waals surface area contributed by atoms with Crippen LogP contribution in [0.4, 0.5) is 14.9 Å². The van der Waals surface area contributed by atoms with Gasteiger partial charge in [0.05, 0.1) is 5.69 Å². The smallest absolute Gasteiger partial charge is 0.332 e. The Kier molecular flexibility index (Phi) is 4.26. The maximum absolute atomic E-state index is 13.1. The van der Waals surface area contributed by atoms with Crippen LogP contribution < -0.4 is 4.90 Å². The van der Waals surface area contributed by atoms with Gasteiger partial charge in [0.1, 0.15) is 17.9 Å². The Morgan fingerprint density at radius 3 is 2.38 bits per heavy atom. The number of likely N-dealkylation sites (N-methyl/N-ethyl adjacent to an activating group) is 1. The number of anilines is 1. The van der Waals surface area contributed by atoms with Crippen LogP contribution in [0.25, 0.3) is 0 Å². The number of hydrogen-bond donors (Lipinski definition) is 0. The first-order valence-electron chi connectivity index (χ1n) is 8.20. The molecule has 0 N–H and O–H groups in total. The largest absolute Gasteiger partial charge is 0.341 e. The lowest BCUT2D eigenvalue weighted by Gasteiger charge is -2.28. The summed E-state index contributed by atoms with van der Waals surface area (Å²) < 4.78 is 13.1. The van der Waals surface area contributed by atoms with Crippen molar-refractivity contribution in [3.63, 3.8) is 0 Å². The summed E-state index contributed by atoms with van der Waals surface area (Å²) in [5.41, 5.74) is 0.329. The number of fused-ring (bicyclic) bond motifs is 1. The first-order chi connectivity index (χ1) is 11.5. The van der Waals surface area contributed by atoms with Crippen LogP contribution in [0, 0.1) is 5.82 Å². The number of urea groups is 1. The molecule has 4 amide bonds. The topological polar surface area (TPSA) is 60.9 Å². The van der Waals surface area contributed by atoms with E-state index in [9.17, 15) is 18.8 Å². The van der Waals surface area contributed by atoms with E-state index in [0.717, 1.165) is 4.90 Å². The molecule has 1 aromatic carbocycles. The van der Waals surface area contributed by atoms with Crippen LogP contribution >= 0.6 is 0 Å². The van der Waals surface area contributed by atoms with Crippen LogP contribution in [0.2, 0.25) is 0 Å². The summed E-state index contributed by atoms with van der Waals surface area (Å²) in [4.78, 5) is 42.1. The maximum Gasteiger partial charge on any atom is 0.332 e. The van der Waals surface area contributed by atoms with Crippen molar-refractivity contribution in [1.29, 1.82) is 0 Å². The summed E-state index contributed by atoms with van der Waals surface area (Å²) in [6.07, 6.45) is 0.967. The molecule has 2 fully saturated rings. The Hall–Kier alpha value is -2.44. The normalized spacial score (nSPS) is 23.0. The van der Waals surface area contributed by atoms with Crippen LogP contribution in [-0.2, 0) is 9.59 Å². The van der Waals surface area contributed by atoms with E-state index in [1.54, 1.807) is 4.90 Å².